The lowest BCUT2D eigenvalue weighted by atomic mass is 9.85. The van der Waals surface area contributed by atoms with Gasteiger partial charge in [0.15, 0.2) is 5.84 Å². The first-order valence-corrected chi connectivity index (χ1v) is 7.21. The zero-order valence-electron chi connectivity index (χ0n) is 12.8. The molecule has 1 fully saturated rings. The number of aromatic nitrogens is 2. The van der Waals surface area contributed by atoms with Gasteiger partial charge in [0.05, 0.1) is 11.3 Å². The highest BCUT2D eigenvalue weighted by Gasteiger charge is 2.29. The molecule has 112 valence electrons. The summed E-state index contributed by atoms with van der Waals surface area (Å²) in [5.74, 6) is 1.70. The van der Waals surface area contributed by atoms with Gasteiger partial charge in [-0.2, -0.15) is 5.10 Å². The minimum absolute atomic E-state index is 0.126. The Balaban J connectivity index is 2.41. The predicted molar refractivity (Wildman–Crippen MR) is 80.3 cm³/mol. The van der Waals surface area contributed by atoms with Crippen LogP contribution in [0.2, 0.25) is 0 Å². The summed E-state index contributed by atoms with van der Waals surface area (Å²) in [6.45, 7) is 4.18. The van der Waals surface area contributed by atoms with E-state index in [0.29, 0.717) is 12.0 Å². The van der Waals surface area contributed by atoms with Crippen LogP contribution >= 0.6 is 0 Å². The van der Waals surface area contributed by atoms with E-state index in [1.54, 1.807) is 0 Å². The minimum atomic E-state index is 0.126. The molecule has 0 radical (unpaired) electrons. The van der Waals surface area contributed by atoms with Crippen LogP contribution in [0.25, 0.3) is 0 Å². The van der Waals surface area contributed by atoms with Gasteiger partial charge in [-0.05, 0) is 25.7 Å². The van der Waals surface area contributed by atoms with Crippen molar-refractivity contribution in [2.45, 2.75) is 45.6 Å². The summed E-state index contributed by atoms with van der Waals surface area (Å²) in [5, 5.41) is 16.6. The maximum absolute atomic E-state index is 9.00. The van der Waals surface area contributed by atoms with Crippen LogP contribution in [0.1, 0.15) is 43.9 Å². The van der Waals surface area contributed by atoms with Gasteiger partial charge in [0, 0.05) is 20.1 Å². The molecule has 0 amide bonds. The van der Waals surface area contributed by atoms with Crippen molar-refractivity contribution in [1.82, 2.24) is 9.78 Å². The summed E-state index contributed by atoms with van der Waals surface area (Å²) >= 11 is 0. The molecule has 1 aliphatic carbocycles. The Labute approximate surface area is 120 Å². The second-order valence-corrected chi connectivity index (χ2v) is 5.83. The third-order valence-electron chi connectivity index (χ3n) is 4.45. The fourth-order valence-electron chi connectivity index (χ4n) is 3.43. The van der Waals surface area contributed by atoms with E-state index in [-0.39, 0.29) is 5.84 Å². The molecule has 0 spiro atoms. The Bertz CT molecular complexity index is 508. The summed E-state index contributed by atoms with van der Waals surface area (Å²) in [6, 6.07) is 0.476. The van der Waals surface area contributed by atoms with Crippen LogP contribution in [0.5, 0.6) is 0 Å². The highest BCUT2D eigenvalue weighted by molar-refractivity contribution is 6.02. The molecule has 3 N–H and O–H groups in total. The molecule has 20 heavy (non-hydrogen) atoms. The summed E-state index contributed by atoms with van der Waals surface area (Å²) < 4.78 is 1.82. The number of nitrogens with zero attached hydrogens (tertiary/aromatic N) is 4. The average molecular weight is 279 g/mol. The summed E-state index contributed by atoms with van der Waals surface area (Å²) in [6.07, 6.45) is 5.00. The van der Waals surface area contributed by atoms with Crippen molar-refractivity contribution in [3.8, 4) is 0 Å². The van der Waals surface area contributed by atoms with Crippen LogP contribution in [0, 0.1) is 12.8 Å². The second kappa shape index (κ2) is 5.73. The van der Waals surface area contributed by atoms with Crippen LogP contribution in [0.15, 0.2) is 5.16 Å². The fourth-order valence-corrected chi connectivity index (χ4v) is 3.43. The molecule has 1 aliphatic rings. The highest BCUT2D eigenvalue weighted by atomic mass is 16.4. The van der Waals surface area contributed by atoms with Gasteiger partial charge >= 0.3 is 0 Å². The highest BCUT2D eigenvalue weighted by Crippen LogP contribution is 2.32. The van der Waals surface area contributed by atoms with Crippen molar-refractivity contribution in [1.29, 1.82) is 0 Å². The third-order valence-corrected chi connectivity index (χ3v) is 4.45. The molecule has 1 saturated carbocycles. The van der Waals surface area contributed by atoms with E-state index >= 15 is 0 Å². The van der Waals surface area contributed by atoms with Crippen LogP contribution < -0.4 is 10.6 Å². The van der Waals surface area contributed by atoms with E-state index in [4.69, 9.17) is 10.9 Å². The van der Waals surface area contributed by atoms with Gasteiger partial charge in [0.1, 0.15) is 5.82 Å². The molecule has 2 atom stereocenters. The first kappa shape index (κ1) is 14.7. The molecule has 0 aliphatic heterocycles. The number of amidine groups is 1. The van der Waals surface area contributed by atoms with Crippen molar-refractivity contribution in [2.75, 3.05) is 11.9 Å². The van der Waals surface area contributed by atoms with E-state index in [9.17, 15) is 0 Å². The molecule has 1 aromatic rings. The number of oxime groups is 1. The topological polar surface area (TPSA) is 79.7 Å². The first-order chi connectivity index (χ1) is 9.47. The van der Waals surface area contributed by atoms with E-state index in [0.717, 1.165) is 17.1 Å². The van der Waals surface area contributed by atoms with Gasteiger partial charge < -0.3 is 15.8 Å². The van der Waals surface area contributed by atoms with Gasteiger partial charge in [-0.25, -0.2) is 0 Å². The number of anilines is 1. The van der Waals surface area contributed by atoms with Gasteiger partial charge in [0.2, 0.25) is 0 Å². The smallest absolute Gasteiger partial charge is 0.175 e. The Morgan fingerprint density at radius 3 is 2.70 bits per heavy atom. The second-order valence-electron chi connectivity index (χ2n) is 5.83. The van der Waals surface area contributed by atoms with E-state index in [1.165, 1.54) is 25.7 Å². The molecule has 6 nitrogen and oxygen atoms in total. The first-order valence-electron chi connectivity index (χ1n) is 7.21. The summed E-state index contributed by atoms with van der Waals surface area (Å²) in [4.78, 5) is 2.25. The van der Waals surface area contributed by atoms with E-state index in [1.807, 2.05) is 18.7 Å². The molecule has 6 heteroatoms. The van der Waals surface area contributed by atoms with Crippen LogP contribution in [-0.4, -0.2) is 33.9 Å². The van der Waals surface area contributed by atoms with E-state index in [2.05, 4.69) is 29.1 Å². The van der Waals surface area contributed by atoms with Crippen LogP contribution in [0.4, 0.5) is 5.82 Å². The van der Waals surface area contributed by atoms with Gasteiger partial charge in [-0.3, -0.25) is 4.68 Å². The lowest BCUT2D eigenvalue weighted by Gasteiger charge is -2.37. The average Bonchev–Trinajstić information content (AvgIpc) is 2.72. The Morgan fingerprint density at radius 1 is 1.45 bits per heavy atom. The van der Waals surface area contributed by atoms with Crippen LogP contribution in [0.3, 0.4) is 0 Å². The molecule has 2 rings (SSSR count). The summed E-state index contributed by atoms with van der Waals surface area (Å²) in [7, 11) is 3.98. The summed E-state index contributed by atoms with van der Waals surface area (Å²) in [5.41, 5.74) is 7.35. The van der Waals surface area contributed by atoms with E-state index < -0.39 is 0 Å². The number of rotatable bonds is 3. The van der Waals surface area contributed by atoms with Crippen molar-refractivity contribution in [3.63, 3.8) is 0 Å². The Hall–Kier alpha value is -1.72. The number of nitrogens with two attached hydrogens (primary N) is 1. The normalized spacial score (nSPS) is 23.9. The molecule has 0 saturated heterocycles. The zero-order valence-corrected chi connectivity index (χ0v) is 12.8. The van der Waals surface area contributed by atoms with Crippen molar-refractivity contribution in [3.05, 3.63) is 11.3 Å². The maximum Gasteiger partial charge on any atom is 0.175 e. The number of hydrogen-bond donors (Lipinski definition) is 2. The maximum atomic E-state index is 9.00. The quantitative estimate of drug-likeness (QED) is 0.383. The molecular weight excluding hydrogens is 254 g/mol. The molecule has 0 bridgehead atoms. The zero-order chi connectivity index (χ0) is 14.9. The van der Waals surface area contributed by atoms with Crippen molar-refractivity contribution < 1.29 is 5.21 Å². The number of aryl methyl sites for hydroxylation is 2. The molecule has 2 unspecified atom stereocenters. The molecule has 1 heterocycles. The van der Waals surface area contributed by atoms with Gasteiger partial charge in [0.25, 0.3) is 0 Å². The Kier molecular flexibility index (Phi) is 4.20. The van der Waals surface area contributed by atoms with Crippen molar-refractivity contribution >= 4 is 11.7 Å². The molecule has 0 aromatic carbocycles. The van der Waals surface area contributed by atoms with Gasteiger partial charge in [-0.15, -0.1) is 0 Å². The third kappa shape index (κ3) is 2.46. The predicted octanol–water partition coefficient (Wildman–Crippen LogP) is 1.84. The van der Waals surface area contributed by atoms with Crippen LogP contribution in [-0.2, 0) is 7.05 Å². The van der Waals surface area contributed by atoms with Crippen molar-refractivity contribution in [2.24, 2.45) is 23.9 Å². The lowest BCUT2D eigenvalue weighted by molar-refractivity contribution is 0.317. The fraction of sp³-hybridized carbons (Fsp3) is 0.714. The minimum Gasteiger partial charge on any atom is -0.409 e. The Morgan fingerprint density at radius 2 is 2.10 bits per heavy atom. The molecular formula is C14H25N5O. The largest absolute Gasteiger partial charge is 0.409 e. The number of hydrogen-bond acceptors (Lipinski definition) is 4. The molecule has 1 aromatic heterocycles. The monoisotopic (exact) mass is 279 g/mol. The SMILES string of the molecule is Cc1nn(C)c(N(C)C2CCCCC2C)c1C(N)=NO. The lowest BCUT2D eigenvalue weighted by Crippen LogP contribution is -2.40. The standard InChI is InChI=1S/C14H25N5O/c1-9-7-5-6-8-11(9)18(3)14-12(13(15)17-20)10(2)16-19(14)4/h9,11,20H,5-8H2,1-4H3,(H2,15,17). The van der Waals surface area contributed by atoms with Gasteiger partial charge in [-0.1, -0.05) is 24.9 Å².